The Balaban J connectivity index is 1.84. The van der Waals surface area contributed by atoms with Gasteiger partial charge in [-0.25, -0.2) is 0 Å². The lowest BCUT2D eigenvalue weighted by molar-refractivity contribution is -0.108. The van der Waals surface area contributed by atoms with Crippen LogP contribution in [-0.2, 0) is 4.79 Å². The summed E-state index contributed by atoms with van der Waals surface area (Å²) in [5.74, 6) is 0.737. The highest BCUT2D eigenvalue weighted by atomic mass is 16.1. The molecular weight excluding hydrogens is 126 g/mol. The van der Waals surface area contributed by atoms with Crippen LogP contribution in [0.5, 0.6) is 0 Å². The Kier molecular flexibility index (Phi) is 1.15. The van der Waals surface area contributed by atoms with Gasteiger partial charge in [0.05, 0.1) is 0 Å². The fourth-order valence-electron chi connectivity index (χ4n) is 2.30. The topological polar surface area (TPSA) is 20.3 Å². The number of nitrogens with zero attached hydrogens (tertiary/aromatic N) is 1. The Bertz CT molecular complexity index is 161. The Morgan fingerprint density at radius 1 is 1.70 bits per heavy atom. The Morgan fingerprint density at radius 2 is 2.40 bits per heavy atom. The summed E-state index contributed by atoms with van der Waals surface area (Å²) in [7, 11) is 2.14. The van der Waals surface area contributed by atoms with E-state index in [1.807, 2.05) is 0 Å². The molecule has 1 unspecified atom stereocenters. The highest BCUT2D eigenvalue weighted by Gasteiger charge is 2.59. The lowest BCUT2D eigenvalue weighted by Crippen LogP contribution is -2.46. The van der Waals surface area contributed by atoms with Crippen LogP contribution in [0.25, 0.3) is 0 Å². The number of carbonyl (C=O) groups is 1. The van der Waals surface area contributed by atoms with Gasteiger partial charge in [0, 0.05) is 19.5 Å². The summed E-state index contributed by atoms with van der Waals surface area (Å²) >= 11 is 0. The van der Waals surface area contributed by atoms with Crippen molar-refractivity contribution < 1.29 is 4.79 Å². The van der Waals surface area contributed by atoms with E-state index >= 15 is 0 Å². The van der Waals surface area contributed by atoms with E-state index in [4.69, 9.17) is 0 Å². The van der Waals surface area contributed by atoms with Gasteiger partial charge in [0.1, 0.15) is 6.29 Å². The summed E-state index contributed by atoms with van der Waals surface area (Å²) in [5, 5.41) is 0. The Labute approximate surface area is 61.2 Å². The quantitative estimate of drug-likeness (QED) is 0.520. The predicted molar refractivity (Wildman–Crippen MR) is 38.7 cm³/mol. The van der Waals surface area contributed by atoms with E-state index in [-0.39, 0.29) is 0 Å². The zero-order valence-corrected chi connectivity index (χ0v) is 6.34. The van der Waals surface area contributed by atoms with Gasteiger partial charge in [-0.1, -0.05) is 0 Å². The second-order valence-electron chi connectivity index (χ2n) is 3.84. The van der Waals surface area contributed by atoms with Gasteiger partial charge in [0.25, 0.3) is 0 Å². The van der Waals surface area contributed by atoms with E-state index in [1.165, 1.54) is 19.5 Å². The lowest BCUT2D eigenvalue weighted by atomic mass is 9.94. The zero-order valence-electron chi connectivity index (χ0n) is 6.34. The SMILES string of the molecule is CN1CC2(CC2CC=O)C1. The minimum absolute atomic E-state index is 0.607. The van der Waals surface area contributed by atoms with Gasteiger partial charge in [0.2, 0.25) is 0 Å². The van der Waals surface area contributed by atoms with E-state index in [0.717, 1.165) is 18.6 Å². The molecule has 1 saturated heterocycles. The minimum atomic E-state index is 0.607. The first-order chi connectivity index (χ1) is 4.77. The van der Waals surface area contributed by atoms with Crippen molar-refractivity contribution in [2.45, 2.75) is 12.8 Å². The molecule has 0 aromatic carbocycles. The first-order valence-corrected chi connectivity index (χ1v) is 3.89. The number of hydrogen-bond donors (Lipinski definition) is 0. The molecule has 2 nitrogen and oxygen atoms in total. The summed E-state index contributed by atoms with van der Waals surface area (Å²) in [6.07, 6.45) is 3.17. The van der Waals surface area contributed by atoms with Crippen LogP contribution in [0.1, 0.15) is 12.8 Å². The molecule has 2 aliphatic rings. The molecule has 2 fully saturated rings. The van der Waals surface area contributed by atoms with E-state index in [2.05, 4.69) is 11.9 Å². The monoisotopic (exact) mass is 139 g/mol. The van der Waals surface area contributed by atoms with Crippen molar-refractivity contribution in [2.24, 2.45) is 11.3 Å². The summed E-state index contributed by atoms with van der Waals surface area (Å²) in [4.78, 5) is 12.5. The van der Waals surface area contributed by atoms with E-state index in [1.54, 1.807) is 0 Å². The number of hydrogen-bond acceptors (Lipinski definition) is 2. The molecule has 0 bridgehead atoms. The minimum Gasteiger partial charge on any atom is -0.305 e. The molecule has 0 aromatic heterocycles. The Morgan fingerprint density at radius 3 is 2.90 bits per heavy atom. The maximum absolute atomic E-state index is 10.2. The molecular formula is C8H13NO. The fourth-order valence-corrected chi connectivity index (χ4v) is 2.30. The van der Waals surface area contributed by atoms with Gasteiger partial charge >= 0.3 is 0 Å². The zero-order chi connectivity index (χ0) is 7.19. The van der Waals surface area contributed by atoms with E-state index in [9.17, 15) is 4.79 Å². The normalized spacial score (nSPS) is 35.5. The van der Waals surface area contributed by atoms with Crippen LogP contribution < -0.4 is 0 Å². The summed E-state index contributed by atoms with van der Waals surface area (Å²) in [5.41, 5.74) is 0.607. The molecule has 1 aliphatic heterocycles. The number of aldehydes is 1. The molecule has 1 saturated carbocycles. The van der Waals surface area contributed by atoms with Crippen molar-refractivity contribution in [3.8, 4) is 0 Å². The first kappa shape index (κ1) is 6.35. The molecule has 1 heterocycles. The second-order valence-corrected chi connectivity index (χ2v) is 3.84. The van der Waals surface area contributed by atoms with Crippen molar-refractivity contribution in [2.75, 3.05) is 20.1 Å². The molecule has 0 aromatic rings. The van der Waals surface area contributed by atoms with Crippen LogP contribution in [-0.4, -0.2) is 31.3 Å². The molecule has 1 atom stereocenters. The van der Waals surface area contributed by atoms with Crippen molar-refractivity contribution >= 4 is 6.29 Å². The van der Waals surface area contributed by atoms with Crippen LogP contribution in [0.2, 0.25) is 0 Å². The molecule has 0 N–H and O–H groups in total. The largest absolute Gasteiger partial charge is 0.305 e. The van der Waals surface area contributed by atoms with Crippen LogP contribution in [0.4, 0.5) is 0 Å². The molecule has 2 heteroatoms. The highest BCUT2D eigenvalue weighted by molar-refractivity contribution is 5.51. The standard InChI is InChI=1S/C8H13NO/c1-9-5-8(6-9)4-7(8)2-3-10/h3,7H,2,4-6H2,1H3. The van der Waals surface area contributed by atoms with Crippen molar-refractivity contribution in [1.82, 2.24) is 4.90 Å². The fraction of sp³-hybridized carbons (Fsp3) is 0.875. The highest BCUT2D eigenvalue weighted by Crippen LogP contribution is 2.59. The van der Waals surface area contributed by atoms with Gasteiger partial charge < -0.3 is 9.69 Å². The predicted octanol–water partition coefficient (Wildman–Crippen LogP) is 0.527. The maximum atomic E-state index is 10.2. The molecule has 0 amide bonds. The number of carbonyl (C=O) groups excluding carboxylic acids is 1. The third-order valence-electron chi connectivity index (χ3n) is 2.91. The summed E-state index contributed by atoms with van der Waals surface area (Å²) < 4.78 is 0. The average molecular weight is 139 g/mol. The molecule has 1 aliphatic carbocycles. The molecule has 10 heavy (non-hydrogen) atoms. The lowest BCUT2D eigenvalue weighted by Gasteiger charge is -2.37. The van der Waals surface area contributed by atoms with Crippen molar-refractivity contribution in [3.05, 3.63) is 0 Å². The van der Waals surface area contributed by atoms with Gasteiger partial charge in [-0.15, -0.1) is 0 Å². The van der Waals surface area contributed by atoms with Crippen LogP contribution in [0.3, 0.4) is 0 Å². The molecule has 56 valence electrons. The van der Waals surface area contributed by atoms with Gasteiger partial charge in [-0.2, -0.15) is 0 Å². The van der Waals surface area contributed by atoms with Crippen LogP contribution in [0, 0.1) is 11.3 Å². The van der Waals surface area contributed by atoms with E-state index < -0.39 is 0 Å². The second kappa shape index (κ2) is 1.82. The number of likely N-dealkylation sites (tertiary alicyclic amines) is 1. The van der Waals surface area contributed by atoms with Gasteiger partial charge in [-0.05, 0) is 24.8 Å². The van der Waals surface area contributed by atoms with E-state index in [0.29, 0.717) is 5.41 Å². The third kappa shape index (κ3) is 0.717. The molecule has 0 radical (unpaired) electrons. The smallest absolute Gasteiger partial charge is 0.120 e. The van der Waals surface area contributed by atoms with Crippen LogP contribution >= 0.6 is 0 Å². The van der Waals surface area contributed by atoms with Crippen molar-refractivity contribution in [1.29, 1.82) is 0 Å². The molecule has 1 spiro atoms. The number of rotatable bonds is 2. The van der Waals surface area contributed by atoms with Crippen molar-refractivity contribution in [3.63, 3.8) is 0 Å². The summed E-state index contributed by atoms with van der Waals surface area (Å²) in [6.45, 7) is 2.46. The van der Waals surface area contributed by atoms with Crippen LogP contribution in [0.15, 0.2) is 0 Å². The Hall–Kier alpha value is -0.370. The average Bonchev–Trinajstić information content (AvgIpc) is 2.43. The van der Waals surface area contributed by atoms with Gasteiger partial charge in [0.15, 0.2) is 0 Å². The van der Waals surface area contributed by atoms with Gasteiger partial charge in [-0.3, -0.25) is 0 Å². The first-order valence-electron chi connectivity index (χ1n) is 3.89. The molecule has 2 rings (SSSR count). The third-order valence-corrected chi connectivity index (χ3v) is 2.91. The summed E-state index contributed by atoms with van der Waals surface area (Å²) in [6, 6.07) is 0. The maximum Gasteiger partial charge on any atom is 0.120 e.